The first-order valence-electron chi connectivity index (χ1n) is 9.29. The van der Waals surface area contributed by atoms with E-state index in [4.69, 9.17) is 9.15 Å². The Balaban J connectivity index is 1.53. The van der Waals surface area contributed by atoms with E-state index in [1.54, 1.807) is 5.38 Å². The maximum atomic E-state index is 12.5. The number of fused-ring (bicyclic) bond motifs is 1. The monoisotopic (exact) mass is 405 g/mol. The molecule has 0 aliphatic heterocycles. The number of hydrogen-bond donors (Lipinski definition) is 0. The van der Waals surface area contributed by atoms with Crippen LogP contribution in [0.25, 0.3) is 21.5 Å². The molecule has 0 saturated carbocycles. The topological polar surface area (TPSA) is 69.4 Å². The lowest BCUT2D eigenvalue weighted by molar-refractivity contribution is 0.0468. The Morgan fingerprint density at radius 3 is 2.69 bits per heavy atom. The number of rotatable bonds is 5. The number of aromatic nitrogens is 1. The lowest BCUT2D eigenvalue weighted by atomic mass is 10.1. The fourth-order valence-electron chi connectivity index (χ4n) is 3.03. The van der Waals surface area contributed by atoms with Gasteiger partial charge in [0.2, 0.25) is 0 Å². The van der Waals surface area contributed by atoms with Crippen LogP contribution in [0, 0.1) is 6.92 Å². The summed E-state index contributed by atoms with van der Waals surface area (Å²) >= 11 is 1.39. The Morgan fingerprint density at radius 1 is 1.14 bits per heavy atom. The molecule has 4 rings (SSSR count). The number of ether oxygens (including phenoxy) is 1. The first kappa shape index (κ1) is 19.1. The predicted molar refractivity (Wildman–Crippen MR) is 113 cm³/mol. The van der Waals surface area contributed by atoms with Gasteiger partial charge < -0.3 is 9.15 Å². The van der Waals surface area contributed by atoms with Gasteiger partial charge in [0.15, 0.2) is 5.69 Å². The van der Waals surface area contributed by atoms with Gasteiger partial charge in [0.05, 0.1) is 0 Å². The zero-order valence-electron chi connectivity index (χ0n) is 16.1. The molecule has 5 nitrogen and oxygen atoms in total. The van der Waals surface area contributed by atoms with Crippen LogP contribution in [0.5, 0.6) is 0 Å². The molecule has 4 aromatic rings. The highest BCUT2D eigenvalue weighted by Gasteiger charge is 2.15. The van der Waals surface area contributed by atoms with Gasteiger partial charge >= 0.3 is 11.6 Å². The third-order valence-electron chi connectivity index (χ3n) is 4.67. The summed E-state index contributed by atoms with van der Waals surface area (Å²) in [7, 11) is 0. The van der Waals surface area contributed by atoms with Crippen LogP contribution >= 0.6 is 11.3 Å². The Hall–Kier alpha value is -3.25. The second-order valence-corrected chi connectivity index (χ2v) is 7.61. The molecule has 0 atom stereocenters. The minimum Gasteiger partial charge on any atom is -0.456 e. The second-order valence-electron chi connectivity index (χ2n) is 6.75. The third-order valence-corrected chi connectivity index (χ3v) is 5.56. The van der Waals surface area contributed by atoms with Crippen molar-refractivity contribution < 1.29 is 13.9 Å². The van der Waals surface area contributed by atoms with Crippen molar-refractivity contribution in [1.29, 1.82) is 0 Å². The van der Waals surface area contributed by atoms with Crippen molar-refractivity contribution in [2.45, 2.75) is 26.9 Å². The maximum absolute atomic E-state index is 12.5. The molecular weight excluding hydrogens is 386 g/mol. The zero-order chi connectivity index (χ0) is 20.4. The van der Waals surface area contributed by atoms with Gasteiger partial charge in [-0.2, -0.15) is 0 Å². The smallest absolute Gasteiger partial charge is 0.358 e. The van der Waals surface area contributed by atoms with E-state index in [0.717, 1.165) is 33.5 Å². The predicted octanol–water partition coefficient (Wildman–Crippen LogP) is 5.14. The summed E-state index contributed by atoms with van der Waals surface area (Å²) in [5, 5.41) is 3.20. The Bertz CT molecular complexity index is 1240. The minimum atomic E-state index is -0.522. The Morgan fingerprint density at radius 2 is 1.93 bits per heavy atom. The van der Waals surface area contributed by atoms with Crippen molar-refractivity contribution in [2.75, 3.05) is 0 Å². The van der Waals surface area contributed by atoms with Gasteiger partial charge in [-0.3, -0.25) is 0 Å². The molecule has 2 aromatic carbocycles. The van der Waals surface area contributed by atoms with Crippen molar-refractivity contribution in [3.8, 4) is 10.6 Å². The van der Waals surface area contributed by atoms with Crippen LogP contribution in [0.15, 0.2) is 63.1 Å². The number of thiazole rings is 1. The van der Waals surface area contributed by atoms with E-state index < -0.39 is 11.6 Å². The molecule has 0 amide bonds. The number of nitrogens with zero attached hydrogens (tertiary/aromatic N) is 1. The molecule has 0 fully saturated rings. The van der Waals surface area contributed by atoms with Crippen LogP contribution in [0.2, 0.25) is 0 Å². The van der Waals surface area contributed by atoms with E-state index in [-0.39, 0.29) is 12.3 Å². The first-order chi connectivity index (χ1) is 14.0. The van der Waals surface area contributed by atoms with Crippen molar-refractivity contribution in [2.24, 2.45) is 0 Å². The molecule has 2 heterocycles. The molecule has 0 aliphatic carbocycles. The van der Waals surface area contributed by atoms with E-state index in [9.17, 15) is 9.59 Å². The van der Waals surface area contributed by atoms with Gasteiger partial charge in [0.1, 0.15) is 17.2 Å². The normalized spacial score (nSPS) is 11.0. The average Bonchev–Trinajstić information content (AvgIpc) is 3.22. The molecule has 146 valence electrons. The molecule has 0 radical (unpaired) electrons. The quantitative estimate of drug-likeness (QED) is 0.339. The standard InChI is InChI=1S/C23H19NO4S/c1-3-15-6-9-18-17(11-21(25)28-20(18)10-15)12-27-23(26)19-13-29-22(24-19)16-7-4-14(2)5-8-16/h4-11,13H,3,12H2,1-2H3. The van der Waals surface area contributed by atoms with Gasteiger partial charge in [-0.25, -0.2) is 14.6 Å². The molecule has 0 N–H and O–H groups in total. The van der Waals surface area contributed by atoms with E-state index in [1.165, 1.54) is 17.4 Å². The number of carbonyl (C=O) groups excluding carboxylic acids is 1. The number of hydrogen-bond acceptors (Lipinski definition) is 6. The molecule has 0 unspecified atom stereocenters. The van der Waals surface area contributed by atoms with Gasteiger partial charge in [0.25, 0.3) is 0 Å². The van der Waals surface area contributed by atoms with Crippen molar-refractivity contribution in [1.82, 2.24) is 4.98 Å². The molecule has 0 spiro atoms. The van der Waals surface area contributed by atoms with Gasteiger partial charge in [-0.15, -0.1) is 11.3 Å². The molecule has 0 aliphatic rings. The second kappa shape index (κ2) is 8.01. The Labute approximate surface area is 171 Å². The highest BCUT2D eigenvalue weighted by molar-refractivity contribution is 7.13. The zero-order valence-corrected chi connectivity index (χ0v) is 16.9. The fourth-order valence-corrected chi connectivity index (χ4v) is 3.82. The molecule has 29 heavy (non-hydrogen) atoms. The summed E-state index contributed by atoms with van der Waals surface area (Å²) < 4.78 is 10.7. The van der Waals surface area contributed by atoms with Crippen molar-refractivity contribution >= 4 is 28.3 Å². The summed E-state index contributed by atoms with van der Waals surface area (Å²) in [6.45, 7) is 4.03. The third kappa shape index (κ3) is 4.12. The molecule has 2 aromatic heterocycles. The van der Waals surface area contributed by atoms with E-state index in [1.807, 2.05) is 56.3 Å². The highest BCUT2D eigenvalue weighted by Crippen LogP contribution is 2.25. The largest absolute Gasteiger partial charge is 0.456 e. The number of benzene rings is 2. The van der Waals surface area contributed by atoms with Crippen LogP contribution in [-0.4, -0.2) is 11.0 Å². The summed E-state index contributed by atoms with van der Waals surface area (Å²) in [5.41, 5.74) is 4.09. The molecule has 0 saturated heterocycles. The SMILES string of the molecule is CCc1ccc2c(COC(=O)c3csc(-c4ccc(C)cc4)n3)cc(=O)oc2c1. The highest BCUT2D eigenvalue weighted by atomic mass is 32.1. The minimum absolute atomic E-state index is 0.0240. The van der Waals surface area contributed by atoms with Gasteiger partial charge in [-0.1, -0.05) is 48.9 Å². The lowest BCUT2D eigenvalue weighted by Crippen LogP contribution is -2.08. The number of carbonyl (C=O) groups is 1. The lowest BCUT2D eigenvalue weighted by Gasteiger charge is -2.07. The van der Waals surface area contributed by atoms with E-state index in [0.29, 0.717) is 11.1 Å². The van der Waals surface area contributed by atoms with Crippen LogP contribution in [0.4, 0.5) is 0 Å². The molecular formula is C23H19NO4S. The fraction of sp³-hybridized carbons (Fsp3) is 0.174. The molecule has 6 heteroatoms. The maximum Gasteiger partial charge on any atom is 0.358 e. The van der Waals surface area contributed by atoms with Crippen molar-refractivity contribution in [3.05, 3.63) is 86.7 Å². The molecule has 0 bridgehead atoms. The van der Waals surface area contributed by atoms with Crippen LogP contribution in [0.1, 0.15) is 34.1 Å². The summed E-state index contributed by atoms with van der Waals surface area (Å²) in [5.74, 6) is -0.522. The van der Waals surface area contributed by atoms with E-state index >= 15 is 0 Å². The first-order valence-corrected chi connectivity index (χ1v) is 10.2. The summed E-state index contributed by atoms with van der Waals surface area (Å²) in [6.07, 6.45) is 0.839. The average molecular weight is 405 g/mol. The number of aryl methyl sites for hydroxylation is 2. The number of esters is 1. The van der Waals surface area contributed by atoms with Gasteiger partial charge in [-0.05, 0) is 25.0 Å². The summed E-state index contributed by atoms with van der Waals surface area (Å²) in [6, 6.07) is 15.0. The van der Waals surface area contributed by atoms with Gasteiger partial charge in [0, 0.05) is 28.0 Å². The van der Waals surface area contributed by atoms with Crippen LogP contribution in [0.3, 0.4) is 0 Å². The summed E-state index contributed by atoms with van der Waals surface area (Å²) in [4.78, 5) is 28.7. The van der Waals surface area contributed by atoms with E-state index in [2.05, 4.69) is 4.98 Å². The van der Waals surface area contributed by atoms with Crippen LogP contribution in [-0.2, 0) is 17.8 Å². The van der Waals surface area contributed by atoms with Crippen molar-refractivity contribution in [3.63, 3.8) is 0 Å². The van der Waals surface area contributed by atoms with Crippen LogP contribution < -0.4 is 5.63 Å². The Kier molecular flexibility index (Phi) is 5.27.